The topological polar surface area (TPSA) is 66.9 Å². The van der Waals surface area contributed by atoms with Gasteiger partial charge >= 0.3 is 0 Å². The number of amides is 2. The fourth-order valence-electron chi connectivity index (χ4n) is 5.72. The number of para-hydroxylation sites is 1. The fraction of sp³-hybridized carbons (Fsp3) is 0.179. The van der Waals surface area contributed by atoms with Crippen LogP contribution in [0.3, 0.4) is 0 Å². The molecule has 3 heterocycles. The van der Waals surface area contributed by atoms with Gasteiger partial charge in [0.15, 0.2) is 5.78 Å². The first-order valence-electron chi connectivity index (χ1n) is 11.5. The van der Waals surface area contributed by atoms with Crippen LogP contribution in [0.25, 0.3) is 6.08 Å². The van der Waals surface area contributed by atoms with E-state index in [1.807, 2.05) is 35.2 Å². The second-order valence-electron chi connectivity index (χ2n) is 9.01. The Bertz CT molecular complexity index is 1470. The van der Waals surface area contributed by atoms with Gasteiger partial charge in [0, 0.05) is 11.8 Å². The molecular weight excluding hydrogens is 527 g/mol. The third-order valence-corrected chi connectivity index (χ3v) is 7.88. The lowest BCUT2D eigenvalue weighted by atomic mass is 9.83. The minimum absolute atomic E-state index is 0.0912. The van der Waals surface area contributed by atoms with Crippen molar-refractivity contribution in [3.63, 3.8) is 0 Å². The van der Waals surface area contributed by atoms with E-state index in [1.54, 1.807) is 30.5 Å². The molecule has 3 aromatic carbocycles. The second-order valence-corrected chi connectivity index (χ2v) is 9.86. The number of rotatable bonds is 4. The number of ether oxygens (including phenoxy) is 1. The van der Waals surface area contributed by atoms with Gasteiger partial charge in [-0.1, -0.05) is 36.4 Å². The van der Waals surface area contributed by atoms with Crippen LogP contribution >= 0.6 is 15.9 Å². The minimum Gasteiger partial charge on any atom is -0.496 e. The van der Waals surface area contributed by atoms with Gasteiger partial charge < -0.3 is 9.64 Å². The number of benzene rings is 3. The number of nitrogens with zero attached hydrogens (tertiary/aromatic N) is 2. The number of hydrogen-bond acceptors (Lipinski definition) is 5. The van der Waals surface area contributed by atoms with Gasteiger partial charge in [-0.15, -0.1) is 0 Å². The van der Waals surface area contributed by atoms with Crippen molar-refractivity contribution in [2.24, 2.45) is 11.8 Å². The lowest BCUT2D eigenvalue weighted by Gasteiger charge is -2.35. The van der Waals surface area contributed by atoms with Crippen LogP contribution < -0.4 is 9.64 Å². The summed E-state index contributed by atoms with van der Waals surface area (Å²) >= 11 is 3.42. The SMILES string of the molecule is COc1ccc(C(=O)[C@@H]2[C@@H]3C(=O)N(c4ccccc4F)C(=O)[C@@H]3[C@H]3c4ccccc4C=CN23)cc1Br. The van der Waals surface area contributed by atoms with Crippen LogP contribution in [0.2, 0.25) is 0 Å². The quantitative estimate of drug-likeness (QED) is 0.340. The van der Waals surface area contributed by atoms with Crippen LogP contribution in [0, 0.1) is 17.7 Å². The normalized spacial score (nSPS) is 24.0. The summed E-state index contributed by atoms with van der Waals surface area (Å²) in [5.74, 6) is -3.26. The zero-order chi connectivity index (χ0) is 25.1. The molecule has 0 radical (unpaired) electrons. The van der Waals surface area contributed by atoms with Gasteiger partial charge in [0.25, 0.3) is 0 Å². The van der Waals surface area contributed by atoms with Crippen molar-refractivity contribution in [2.45, 2.75) is 12.1 Å². The van der Waals surface area contributed by atoms with E-state index in [4.69, 9.17) is 4.74 Å². The first kappa shape index (κ1) is 22.7. The van der Waals surface area contributed by atoms with E-state index in [9.17, 15) is 18.8 Å². The average Bonchev–Trinajstić information content (AvgIpc) is 3.36. The van der Waals surface area contributed by atoms with E-state index in [-0.39, 0.29) is 11.5 Å². The van der Waals surface area contributed by atoms with Crippen molar-refractivity contribution in [3.05, 3.63) is 99.9 Å². The van der Waals surface area contributed by atoms with Gasteiger partial charge in [0.05, 0.1) is 35.1 Å². The Labute approximate surface area is 215 Å². The summed E-state index contributed by atoms with van der Waals surface area (Å²) in [6, 6.07) is 16.8. The lowest BCUT2D eigenvalue weighted by molar-refractivity contribution is -0.123. The highest BCUT2D eigenvalue weighted by atomic mass is 79.9. The molecular formula is C28H20BrFN2O4. The zero-order valence-corrected chi connectivity index (χ0v) is 20.7. The number of carbonyl (C=O) groups is 3. The molecule has 3 aliphatic rings. The Morgan fingerprint density at radius 1 is 0.972 bits per heavy atom. The van der Waals surface area contributed by atoms with Gasteiger partial charge in [-0.05, 0) is 63.5 Å². The summed E-state index contributed by atoms with van der Waals surface area (Å²) in [5.41, 5.74) is 2.07. The fourth-order valence-corrected chi connectivity index (χ4v) is 6.26. The standard InChI is InChI=1S/C28H20BrFN2O4/c1-36-21-11-10-16(14-18(21)29)26(33)25-23-22(24-17-7-3-2-6-15(17)12-13-31(24)25)27(34)32(28(23)35)20-9-5-4-8-19(20)30/h2-14,22-25H,1H3/t22-,23+,24+,25-/m0/s1. The van der Waals surface area contributed by atoms with E-state index in [0.717, 1.165) is 16.0 Å². The number of ketones is 1. The highest BCUT2D eigenvalue weighted by molar-refractivity contribution is 9.10. The van der Waals surface area contributed by atoms with Gasteiger partial charge in [0.1, 0.15) is 17.6 Å². The summed E-state index contributed by atoms with van der Waals surface area (Å²) in [5, 5.41) is 0. The van der Waals surface area contributed by atoms with E-state index >= 15 is 0 Å². The molecule has 36 heavy (non-hydrogen) atoms. The van der Waals surface area contributed by atoms with Crippen LogP contribution in [-0.4, -0.2) is 35.6 Å². The minimum atomic E-state index is -0.966. The van der Waals surface area contributed by atoms with Gasteiger partial charge in [-0.25, -0.2) is 9.29 Å². The van der Waals surface area contributed by atoms with Crippen molar-refractivity contribution in [2.75, 3.05) is 12.0 Å². The Morgan fingerprint density at radius 3 is 2.44 bits per heavy atom. The zero-order valence-electron chi connectivity index (χ0n) is 19.1. The number of methoxy groups -OCH3 is 1. The Morgan fingerprint density at radius 2 is 1.69 bits per heavy atom. The molecule has 0 bridgehead atoms. The van der Waals surface area contributed by atoms with E-state index < -0.39 is 41.6 Å². The second kappa shape index (κ2) is 8.41. The number of Topliss-reactive ketones (excluding diaryl/α,β-unsaturated/α-hetero) is 1. The molecule has 4 atom stereocenters. The van der Waals surface area contributed by atoms with E-state index in [0.29, 0.717) is 15.8 Å². The molecule has 0 spiro atoms. The molecule has 6 rings (SSSR count). The molecule has 0 saturated carbocycles. The maximum absolute atomic E-state index is 14.7. The van der Waals surface area contributed by atoms with Crippen molar-refractivity contribution in [1.29, 1.82) is 0 Å². The van der Waals surface area contributed by atoms with Gasteiger partial charge in [-0.2, -0.15) is 0 Å². The van der Waals surface area contributed by atoms with E-state index in [1.165, 1.54) is 25.3 Å². The smallest absolute Gasteiger partial charge is 0.240 e. The lowest BCUT2D eigenvalue weighted by Crippen LogP contribution is -2.44. The summed E-state index contributed by atoms with van der Waals surface area (Å²) in [6.07, 6.45) is 3.68. The van der Waals surface area contributed by atoms with Crippen molar-refractivity contribution < 1.29 is 23.5 Å². The van der Waals surface area contributed by atoms with Crippen molar-refractivity contribution in [1.82, 2.24) is 4.90 Å². The van der Waals surface area contributed by atoms with Crippen LogP contribution in [0.4, 0.5) is 10.1 Å². The molecule has 2 fully saturated rings. The maximum Gasteiger partial charge on any atom is 0.240 e. The Kier molecular flexibility index (Phi) is 5.30. The predicted molar refractivity (Wildman–Crippen MR) is 135 cm³/mol. The molecule has 0 aromatic heterocycles. The molecule has 3 aliphatic heterocycles. The molecule has 0 unspecified atom stereocenters. The first-order valence-corrected chi connectivity index (χ1v) is 12.3. The molecule has 8 heteroatoms. The largest absolute Gasteiger partial charge is 0.496 e. The molecule has 0 N–H and O–H groups in total. The van der Waals surface area contributed by atoms with Gasteiger partial charge in [0.2, 0.25) is 11.8 Å². The predicted octanol–water partition coefficient (Wildman–Crippen LogP) is 5.00. The van der Waals surface area contributed by atoms with Crippen LogP contribution in [0.1, 0.15) is 27.5 Å². The number of hydrogen-bond donors (Lipinski definition) is 0. The van der Waals surface area contributed by atoms with Gasteiger partial charge in [-0.3, -0.25) is 14.4 Å². The number of anilines is 1. The molecule has 2 amide bonds. The van der Waals surface area contributed by atoms with Crippen LogP contribution in [0.5, 0.6) is 5.75 Å². The summed E-state index contributed by atoms with van der Waals surface area (Å²) in [6.45, 7) is 0. The maximum atomic E-state index is 14.7. The molecule has 3 aromatic rings. The number of halogens is 2. The highest BCUT2D eigenvalue weighted by Gasteiger charge is 2.64. The third-order valence-electron chi connectivity index (χ3n) is 7.26. The first-order chi connectivity index (χ1) is 17.4. The monoisotopic (exact) mass is 546 g/mol. The number of carbonyl (C=O) groups excluding carboxylic acids is 3. The molecule has 2 saturated heterocycles. The average molecular weight is 547 g/mol. The Balaban J connectivity index is 1.50. The summed E-state index contributed by atoms with van der Waals surface area (Å²) in [7, 11) is 1.53. The molecule has 6 nitrogen and oxygen atoms in total. The summed E-state index contributed by atoms with van der Waals surface area (Å²) < 4.78 is 20.6. The summed E-state index contributed by atoms with van der Waals surface area (Å²) in [4.78, 5) is 44.4. The molecule has 0 aliphatic carbocycles. The highest BCUT2D eigenvalue weighted by Crippen LogP contribution is 2.54. The number of imide groups is 1. The number of fused-ring (bicyclic) bond motifs is 5. The van der Waals surface area contributed by atoms with Crippen LogP contribution in [0.15, 0.2) is 77.4 Å². The van der Waals surface area contributed by atoms with Crippen molar-refractivity contribution >= 4 is 45.3 Å². The molecule has 180 valence electrons. The van der Waals surface area contributed by atoms with Crippen LogP contribution in [-0.2, 0) is 9.59 Å². The Hall–Kier alpha value is -3.78. The van der Waals surface area contributed by atoms with Crippen molar-refractivity contribution in [3.8, 4) is 5.75 Å². The third kappa shape index (κ3) is 3.17. The van der Waals surface area contributed by atoms with E-state index in [2.05, 4.69) is 15.9 Å².